The molecule has 3 aromatic carbocycles. The highest BCUT2D eigenvalue weighted by atomic mass is 32.2. The number of rotatable bonds is 2. The largest absolute Gasteiger partial charge is 0.336 e. The minimum Gasteiger partial charge on any atom is -0.336 e. The van der Waals surface area contributed by atoms with E-state index in [1.54, 1.807) is 0 Å². The molecule has 4 heterocycles. The quantitative estimate of drug-likeness (QED) is 0.198. The van der Waals surface area contributed by atoms with E-state index < -0.39 is 0 Å². The lowest BCUT2D eigenvalue weighted by Gasteiger charge is -2.64. The fraction of sp³-hybridized carbons (Fsp3) is 0.585. The van der Waals surface area contributed by atoms with Gasteiger partial charge < -0.3 is 9.47 Å². The third-order valence-electron chi connectivity index (χ3n) is 18.1. The van der Waals surface area contributed by atoms with Crippen molar-refractivity contribution in [1.82, 2.24) is 4.57 Å². The summed E-state index contributed by atoms with van der Waals surface area (Å²) in [5.74, 6) is 5.74. The molecule has 6 heteroatoms. The molecule has 3 saturated carbocycles. The normalized spacial score (nSPS) is 43.1. The highest BCUT2D eigenvalue weighted by Gasteiger charge is 2.64. The summed E-state index contributed by atoms with van der Waals surface area (Å²) in [7, 11) is 0. The van der Waals surface area contributed by atoms with Crippen LogP contribution in [-0.2, 0) is 5.41 Å². The van der Waals surface area contributed by atoms with E-state index in [0.29, 0.717) is 77.8 Å². The number of para-hydroxylation sites is 3. The van der Waals surface area contributed by atoms with Crippen molar-refractivity contribution in [2.45, 2.75) is 142 Å². The Hall–Kier alpha value is -1.86. The molecular weight excluding hydrogens is 793 g/mol. The summed E-state index contributed by atoms with van der Waals surface area (Å²) in [6.07, 6.45) is 7.51. The van der Waals surface area contributed by atoms with Crippen molar-refractivity contribution in [3.8, 4) is 0 Å². The Balaban J connectivity index is 1.18. The molecule has 0 amide bonds. The molecule has 2 saturated heterocycles. The zero-order chi connectivity index (χ0) is 40.8. The molecule has 4 aliphatic carbocycles. The second-order valence-electron chi connectivity index (χ2n) is 20.8. The molecule has 4 aromatic rings. The van der Waals surface area contributed by atoms with E-state index in [4.69, 9.17) is 0 Å². The Morgan fingerprint density at radius 2 is 0.864 bits per heavy atom. The number of anilines is 2. The highest BCUT2D eigenvalue weighted by Crippen LogP contribution is 2.67. The molecule has 1 aromatic heterocycles. The molecule has 0 spiro atoms. The van der Waals surface area contributed by atoms with Gasteiger partial charge in [0.1, 0.15) is 0 Å². The fourth-order valence-electron chi connectivity index (χ4n) is 13.7. The number of hydrogen-bond acceptors (Lipinski definition) is 5. The minimum atomic E-state index is -0.0635. The molecule has 3 aliphatic heterocycles. The predicted octanol–water partition coefficient (Wildman–Crippen LogP) is 12.4. The Labute approximate surface area is 372 Å². The van der Waals surface area contributed by atoms with Crippen LogP contribution in [0.5, 0.6) is 0 Å². The van der Waals surface area contributed by atoms with Crippen molar-refractivity contribution in [2.75, 3.05) is 4.90 Å². The van der Waals surface area contributed by atoms with Crippen LogP contribution in [0.3, 0.4) is 0 Å². The monoisotopic (exact) mass is 858 g/mol. The SMILES string of the molecule is CC1C(C)C(C)C2SC3C(SC2C1C)C(N1c2ccccc2C(C)(C)c2ccccc21)C1SC2C(C)C(C)C(C)C(C)C2SC1C3n1c2c(c3ccccc31)=CCCC=2. The van der Waals surface area contributed by atoms with Gasteiger partial charge in [-0.2, -0.15) is 47.0 Å². The smallest absolute Gasteiger partial charge is 0.0603 e. The lowest BCUT2D eigenvalue weighted by molar-refractivity contribution is 0.145. The summed E-state index contributed by atoms with van der Waals surface area (Å²) in [4.78, 5) is 2.98. The molecule has 0 N–H and O–H groups in total. The lowest BCUT2D eigenvalue weighted by Crippen LogP contribution is -2.69. The molecule has 7 aliphatic rings. The topological polar surface area (TPSA) is 8.17 Å². The second kappa shape index (κ2) is 14.6. The highest BCUT2D eigenvalue weighted by molar-refractivity contribution is 8.09. The van der Waals surface area contributed by atoms with Crippen LogP contribution in [0.4, 0.5) is 11.4 Å². The maximum absolute atomic E-state index is 2.99. The predicted molar refractivity (Wildman–Crippen MR) is 263 cm³/mol. The van der Waals surface area contributed by atoms with Crippen LogP contribution in [0, 0.1) is 47.3 Å². The summed E-state index contributed by atoms with van der Waals surface area (Å²) in [5, 5.41) is 9.08. The van der Waals surface area contributed by atoms with E-state index in [9.17, 15) is 0 Å². The van der Waals surface area contributed by atoms with Crippen molar-refractivity contribution < 1.29 is 0 Å². The zero-order valence-electron chi connectivity index (χ0n) is 36.9. The van der Waals surface area contributed by atoms with Gasteiger partial charge in [0.2, 0.25) is 0 Å². The maximum atomic E-state index is 2.99. The van der Waals surface area contributed by atoms with Gasteiger partial charge in [0.15, 0.2) is 0 Å². The van der Waals surface area contributed by atoms with Crippen LogP contribution >= 0.6 is 47.0 Å². The molecule has 16 unspecified atom stereocenters. The molecule has 2 nitrogen and oxygen atoms in total. The third-order valence-corrected chi connectivity index (χ3v) is 26.4. The van der Waals surface area contributed by atoms with E-state index in [2.05, 4.69) is 211 Å². The van der Waals surface area contributed by atoms with E-state index in [1.807, 2.05) is 0 Å². The molecule has 5 fully saturated rings. The van der Waals surface area contributed by atoms with E-state index in [-0.39, 0.29) is 5.41 Å². The summed E-state index contributed by atoms with van der Waals surface area (Å²) in [6.45, 7) is 25.8. The van der Waals surface area contributed by atoms with Crippen LogP contribution in [0.1, 0.15) is 99.2 Å². The van der Waals surface area contributed by atoms with E-state index in [1.165, 1.54) is 44.0 Å². The fourth-order valence-corrected chi connectivity index (χ4v) is 23.6. The first-order chi connectivity index (χ1) is 28.4. The Morgan fingerprint density at radius 1 is 0.458 bits per heavy atom. The van der Waals surface area contributed by atoms with Crippen molar-refractivity contribution in [1.29, 1.82) is 0 Å². The van der Waals surface area contributed by atoms with Crippen molar-refractivity contribution in [3.63, 3.8) is 0 Å². The third kappa shape index (κ3) is 5.68. The molecule has 312 valence electrons. The van der Waals surface area contributed by atoms with Crippen LogP contribution < -0.4 is 15.5 Å². The van der Waals surface area contributed by atoms with Crippen LogP contribution in [0.2, 0.25) is 0 Å². The Kier molecular flexibility index (Phi) is 9.88. The average Bonchev–Trinajstić information content (AvgIpc) is 3.59. The van der Waals surface area contributed by atoms with Crippen LogP contribution in [-0.4, -0.2) is 52.6 Å². The van der Waals surface area contributed by atoms with Gasteiger partial charge in [-0.05, 0) is 89.5 Å². The lowest BCUT2D eigenvalue weighted by atomic mass is 9.68. The van der Waals surface area contributed by atoms with Gasteiger partial charge in [-0.3, -0.25) is 0 Å². The number of hydrogen-bond donors (Lipinski definition) is 0. The molecule has 59 heavy (non-hydrogen) atoms. The first-order valence-corrected chi connectivity index (χ1v) is 27.1. The number of nitrogens with zero attached hydrogens (tertiary/aromatic N) is 2. The standard InChI is InChI=1S/C53H66N2S4/c1-27-29(3)33(7)47-45(31(27)5)56-49-43(54-39-23-15-11-19-35(39)36-20-12-16-24-40(36)54)50-52(59-48-34(8)30(4)28(2)32(6)46(48)57-50)44(51(49)58-47)55-41-25-17-13-21-37(41)53(9,10)38-22-14-18-26-42(38)55/h11,13-15,17-34,43-52H,12,16H2,1-10H3. The Morgan fingerprint density at radius 3 is 1.36 bits per heavy atom. The zero-order valence-corrected chi connectivity index (χ0v) is 40.2. The van der Waals surface area contributed by atoms with Crippen LogP contribution in [0.15, 0.2) is 72.8 Å². The van der Waals surface area contributed by atoms with Gasteiger partial charge in [0.25, 0.3) is 0 Å². The van der Waals surface area contributed by atoms with E-state index >= 15 is 0 Å². The molecule has 0 bridgehead atoms. The number of aromatic nitrogens is 1. The van der Waals surface area contributed by atoms with Gasteiger partial charge in [-0.25, -0.2) is 0 Å². The van der Waals surface area contributed by atoms with Crippen molar-refractivity contribution >= 4 is 81.5 Å². The van der Waals surface area contributed by atoms with Crippen molar-refractivity contribution in [3.05, 3.63) is 94.5 Å². The average molecular weight is 859 g/mol. The van der Waals surface area contributed by atoms with E-state index in [0.717, 1.165) is 36.5 Å². The number of benzene rings is 3. The van der Waals surface area contributed by atoms with Gasteiger partial charge >= 0.3 is 0 Å². The van der Waals surface area contributed by atoms with Gasteiger partial charge in [-0.15, -0.1) is 0 Å². The maximum Gasteiger partial charge on any atom is 0.0603 e. The first kappa shape index (κ1) is 40.0. The van der Waals surface area contributed by atoms with Gasteiger partial charge in [0, 0.05) is 80.3 Å². The van der Waals surface area contributed by atoms with Crippen molar-refractivity contribution in [2.24, 2.45) is 47.3 Å². The van der Waals surface area contributed by atoms with Gasteiger partial charge in [-0.1, -0.05) is 136 Å². The first-order valence-electron chi connectivity index (χ1n) is 23.3. The second-order valence-corrected chi connectivity index (χ2v) is 26.3. The molecule has 16 atom stereocenters. The Bertz CT molecular complexity index is 2300. The molecule has 0 radical (unpaired) electrons. The number of fused-ring (bicyclic) bond motifs is 9. The minimum absolute atomic E-state index is 0.0635. The van der Waals surface area contributed by atoms with Gasteiger partial charge in [0.05, 0.1) is 12.1 Å². The summed E-state index contributed by atoms with van der Waals surface area (Å²) >= 11 is 9.94. The summed E-state index contributed by atoms with van der Waals surface area (Å²) in [6, 6.07) is 29.5. The molecule has 11 rings (SSSR count). The molecular formula is C53H66N2S4. The summed E-state index contributed by atoms with van der Waals surface area (Å²) < 4.78 is 2.99. The summed E-state index contributed by atoms with van der Waals surface area (Å²) in [5.41, 5.74) is 7.32. The number of thioether (sulfide) groups is 4. The van der Waals surface area contributed by atoms with Crippen LogP contribution in [0.25, 0.3) is 23.1 Å².